The van der Waals surface area contributed by atoms with Gasteiger partial charge < -0.3 is 35.7 Å². The summed E-state index contributed by atoms with van der Waals surface area (Å²) in [7, 11) is 0. The van der Waals surface area contributed by atoms with E-state index in [0.717, 1.165) is 0 Å². The molecule has 0 rings (SSSR count). The van der Waals surface area contributed by atoms with Crippen molar-refractivity contribution < 1.29 is 64.5 Å². The van der Waals surface area contributed by atoms with Crippen LogP contribution in [0.25, 0.3) is 0 Å². The molecule has 3 unspecified atom stereocenters. The third kappa shape index (κ3) is 9.19. The zero-order chi connectivity index (χ0) is 19.6. The Morgan fingerprint density at radius 2 is 1.12 bits per heavy atom. The number of Topliss-reactive ketones (excluding diaryl/α,β-unsaturated/α-hetero) is 2. The van der Waals surface area contributed by atoms with Crippen LogP contribution in [0.1, 0.15) is 12.8 Å². The average molecular weight is 354 g/mol. The molecule has 0 bridgehead atoms. The maximum absolute atomic E-state index is 10.5. The molecule has 0 saturated carbocycles. The lowest BCUT2D eigenvalue weighted by atomic mass is 10.0. The van der Waals surface area contributed by atoms with Crippen LogP contribution < -0.4 is 0 Å². The van der Waals surface area contributed by atoms with Gasteiger partial charge in [-0.05, 0) is 0 Å². The number of carboxylic acids is 4. The Morgan fingerprint density at radius 3 is 1.42 bits per heavy atom. The van der Waals surface area contributed by atoms with Crippen LogP contribution in [0.3, 0.4) is 0 Å². The Bertz CT molecular complexity index is 522. The normalized spacial score (nSPS) is 13.5. The highest BCUT2D eigenvalue weighted by Gasteiger charge is 2.37. The van der Waals surface area contributed by atoms with Crippen LogP contribution in [0.4, 0.5) is 0 Å². The van der Waals surface area contributed by atoms with E-state index in [9.17, 15) is 28.8 Å². The van der Waals surface area contributed by atoms with Gasteiger partial charge in [-0.25, -0.2) is 14.4 Å². The molecule has 13 nitrogen and oxygen atoms in total. The fourth-order valence-electron chi connectivity index (χ4n) is 0.928. The van der Waals surface area contributed by atoms with Crippen molar-refractivity contribution in [2.24, 2.45) is 0 Å². The first-order chi connectivity index (χ1) is 10.8. The molecule has 0 fully saturated rings. The lowest BCUT2D eigenvalue weighted by molar-refractivity contribution is -0.166. The van der Waals surface area contributed by atoms with Crippen LogP contribution in [0.5, 0.6) is 0 Å². The first-order valence-electron chi connectivity index (χ1n) is 5.84. The molecule has 7 N–H and O–H groups in total. The lowest BCUT2D eigenvalue weighted by Crippen LogP contribution is -2.47. The van der Waals surface area contributed by atoms with Crippen molar-refractivity contribution in [3.63, 3.8) is 0 Å². The molecule has 0 spiro atoms. The third-order valence-electron chi connectivity index (χ3n) is 2.18. The minimum Gasteiger partial charge on any atom is -0.481 e. The fraction of sp³-hybridized carbons (Fsp3) is 0.455. The summed E-state index contributed by atoms with van der Waals surface area (Å²) < 4.78 is 0. The first kappa shape index (κ1) is 23.4. The SMILES string of the molecule is O=C(O)C(=O)C(O)C(O)C(O)C(=O)O.O=C(O)CCC(=O)C(=O)O. The molecule has 0 amide bonds. The van der Waals surface area contributed by atoms with E-state index in [-0.39, 0.29) is 0 Å². The molecular formula is C11H14O13. The second-order valence-corrected chi connectivity index (χ2v) is 4.01. The van der Waals surface area contributed by atoms with E-state index in [1.165, 1.54) is 0 Å². The van der Waals surface area contributed by atoms with Crippen LogP contribution in [0.2, 0.25) is 0 Å². The smallest absolute Gasteiger partial charge is 0.375 e. The number of carbonyl (C=O) groups excluding carboxylic acids is 2. The highest BCUT2D eigenvalue weighted by Crippen LogP contribution is 2.02. The second-order valence-electron chi connectivity index (χ2n) is 4.01. The predicted molar refractivity (Wildman–Crippen MR) is 67.8 cm³/mol. The van der Waals surface area contributed by atoms with Crippen LogP contribution in [0, 0.1) is 0 Å². The molecule has 3 atom stereocenters. The summed E-state index contributed by atoms with van der Waals surface area (Å²) in [5.41, 5.74) is 0. The Kier molecular flexibility index (Phi) is 10.5. The predicted octanol–water partition coefficient (Wildman–Crippen LogP) is -3.69. The molecule has 24 heavy (non-hydrogen) atoms. The van der Waals surface area contributed by atoms with Gasteiger partial charge in [0.25, 0.3) is 5.78 Å². The van der Waals surface area contributed by atoms with E-state index in [4.69, 9.17) is 35.7 Å². The summed E-state index contributed by atoms with van der Waals surface area (Å²) in [6.45, 7) is 0. The van der Waals surface area contributed by atoms with E-state index < -0.39 is 66.6 Å². The number of rotatable bonds is 9. The van der Waals surface area contributed by atoms with Gasteiger partial charge in [0.05, 0.1) is 6.42 Å². The number of carboxylic acid groups (broad SMARTS) is 4. The van der Waals surface area contributed by atoms with Crippen molar-refractivity contribution in [1.29, 1.82) is 0 Å². The van der Waals surface area contributed by atoms with Gasteiger partial charge in [0.15, 0.2) is 12.2 Å². The van der Waals surface area contributed by atoms with Crippen molar-refractivity contribution >= 4 is 35.4 Å². The van der Waals surface area contributed by atoms with Crippen LogP contribution in [-0.4, -0.2) is 89.5 Å². The van der Waals surface area contributed by atoms with Gasteiger partial charge in [-0.2, -0.15) is 0 Å². The second kappa shape index (κ2) is 10.8. The molecule has 136 valence electrons. The lowest BCUT2D eigenvalue weighted by Gasteiger charge is -2.17. The van der Waals surface area contributed by atoms with E-state index in [1.807, 2.05) is 0 Å². The Morgan fingerprint density at radius 1 is 0.667 bits per heavy atom. The molecule has 0 radical (unpaired) electrons. The monoisotopic (exact) mass is 354 g/mol. The van der Waals surface area contributed by atoms with Crippen molar-refractivity contribution in [2.75, 3.05) is 0 Å². The summed E-state index contributed by atoms with van der Waals surface area (Å²) in [6, 6.07) is 0. The van der Waals surface area contributed by atoms with Gasteiger partial charge >= 0.3 is 23.9 Å². The summed E-state index contributed by atoms with van der Waals surface area (Å²) in [5.74, 6) is -9.53. The first-order valence-corrected chi connectivity index (χ1v) is 5.84. The maximum atomic E-state index is 10.5. The highest BCUT2D eigenvalue weighted by molar-refractivity contribution is 6.34. The van der Waals surface area contributed by atoms with E-state index in [2.05, 4.69) is 0 Å². The zero-order valence-corrected chi connectivity index (χ0v) is 11.7. The van der Waals surface area contributed by atoms with Crippen LogP contribution in [0.15, 0.2) is 0 Å². The molecule has 0 aromatic heterocycles. The van der Waals surface area contributed by atoms with E-state index in [1.54, 1.807) is 0 Å². The standard InChI is InChI=1S/C6H8O8.C5H6O5/c7-1(3(9)5(11)12)2(8)4(10)6(13)14;6-3(5(9)10)1-2-4(7)8/h1-3,7-9H,(H,11,12)(H,13,14);1-2H2,(H,7,8)(H,9,10). The van der Waals surface area contributed by atoms with Crippen LogP contribution in [-0.2, 0) is 28.8 Å². The summed E-state index contributed by atoms with van der Waals surface area (Å²) in [4.78, 5) is 60.3. The molecule has 0 aliphatic carbocycles. The third-order valence-corrected chi connectivity index (χ3v) is 2.18. The molecule has 0 aliphatic rings. The number of aliphatic hydroxyl groups excluding tert-OH is 3. The Balaban J connectivity index is 0. The molecule has 0 aromatic carbocycles. The molecule has 0 aliphatic heterocycles. The van der Waals surface area contributed by atoms with Gasteiger partial charge in [0, 0.05) is 6.42 Å². The maximum Gasteiger partial charge on any atom is 0.375 e. The van der Waals surface area contributed by atoms with Crippen molar-refractivity contribution in [2.45, 2.75) is 31.2 Å². The molecular weight excluding hydrogens is 340 g/mol. The summed E-state index contributed by atoms with van der Waals surface area (Å²) >= 11 is 0. The Labute approximate surface area is 132 Å². The number of hydrogen-bond donors (Lipinski definition) is 7. The van der Waals surface area contributed by atoms with Crippen molar-refractivity contribution in [3.05, 3.63) is 0 Å². The largest absolute Gasteiger partial charge is 0.481 e. The van der Waals surface area contributed by atoms with Gasteiger partial charge in [-0.15, -0.1) is 0 Å². The molecule has 13 heteroatoms. The molecule has 0 saturated heterocycles. The van der Waals surface area contributed by atoms with Crippen molar-refractivity contribution in [3.8, 4) is 0 Å². The fourth-order valence-corrected chi connectivity index (χ4v) is 0.928. The van der Waals surface area contributed by atoms with E-state index >= 15 is 0 Å². The quantitative estimate of drug-likeness (QED) is 0.197. The summed E-state index contributed by atoms with van der Waals surface area (Å²) in [5, 5.41) is 58.4. The highest BCUT2D eigenvalue weighted by atomic mass is 16.4. The zero-order valence-electron chi connectivity index (χ0n) is 11.7. The minimum atomic E-state index is -2.47. The minimum absolute atomic E-state index is 0.425. The number of ketones is 2. The van der Waals surface area contributed by atoms with Gasteiger partial charge in [-0.3, -0.25) is 14.4 Å². The number of aliphatic hydroxyl groups is 3. The van der Waals surface area contributed by atoms with Crippen molar-refractivity contribution in [1.82, 2.24) is 0 Å². The van der Waals surface area contributed by atoms with Gasteiger partial charge in [0.1, 0.15) is 6.10 Å². The topological polar surface area (TPSA) is 244 Å². The van der Waals surface area contributed by atoms with Crippen LogP contribution >= 0.6 is 0 Å². The summed E-state index contributed by atoms with van der Waals surface area (Å²) in [6.07, 6.45) is -8.14. The number of carbonyl (C=O) groups is 6. The van der Waals surface area contributed by atoms with Gasteiger partial charge in [-0.1, -0.05) is 0 Å². The average Bonchev–Trinajstić information content (AvgIpc) is 2.49. The number of hydrogen-bond acceptors (Lipinski definition) is 9. The molecule has 0 heterocycles. The molecule has 0 aromatic rings. The van der Waals surface area contributed by atoms with Gasteiger partial charge in [0.2, 0.25) is 5.78 Å². The Hall–Kier alpha value is -2.90. The van der Waals surface area contributed by atoms with E-state index in [0.29, 0.717) is 0 Å². The number of aliphatic carboxylic acids is 4.